The number of halogens is 4. The molecule has 48 heavy (non-hydrogen) atoms. The van der Waals surface area contributed by atoms with E-state index in [-0.39, 0.29) is 47.7 Å². The molecule has 11 nitrogen and oxygen atoms in total. The summed E-state index contributed by atoms with van der Waals surface area (Å²) >= 11 is 2.93. The highest BCUT2D eigenvalue weighted by atomic mass is 79.9. The second kappa shape index (κ2) is 13.7. The van der Waals surface area contributed by atoms with E-state index in [9.17, 15) is 27.6 Å². The van der Waals surface area contributed by atoms with Crippen LogP contribution in [-0.4, -0.2) is 70.3 Å². The van der Waals surface area contributed by atoms with Gasteiger partial charge in [0.05, 0.1) is 29.7 Å². The minimum Gasteiger partial charge on any atom is -0.332 e. The van der Waals surface area contributed by atoms with E-state index in [1.165, 1.54) is 36.2 Å². The number of benzene rings is 2. The maximum Gasteiger partial charge on any atom is 0.417 e. The fraction of sp³-hybridized carbons (Fsp3) is 0.375. The number of hydrogen-bond donors (Lipinski definition) is 0. The van der Waals surface area contributed by atoms with E-state index in [1.807, 2.05) is 0 Å². The molecule has 1 saturated carbocycles. The molecule has 0 atom stereocenters. The number of amides is 2. The van der Waals surface area contributed by atoms with Crippen molar-refractivity contribution in [2.45, 2.75) is 38.4 Å². The molecular weight excluding hydrogens is 718 g/mol. The Kier molecular flexibility index (Phi) is 9.78. The fourth-order valence-corrected chi connectivity index (χ4v) is 6.91. The van der Waals surface area contributed by atoms with Crippen LogP contribution in [0.4, 0.5) is 13.2 Å². The third kappa shape index (κ3) is 6.79. The Hall–Kier alpha value is -3.62. The van der Waals surface area contributed by atoms with Crippen LogP contribution in [0.25, 0.3) is 11.3 Å². The van der Waals surface area contributed by atoms with Gasteiger partial charge in [-0.2, -0.15) is 18.3 Å². The smallest absolute Gasteiger partial charge is 0.332 e. The SMILES string of the molecule is COP(OC)OCN(C)C(=O)c1ccc(-n2c(=O)c3c(n4ncc(CC5CC5)c24)CN(C(=O)c2ccc(Br)c(C(F)(F)F)c2)CC3)cc1. The standard InChI is InChI=1S/C32H32BrF3N5O6P/c1-38(18-47-48(45-2)46-3)29(42)20-6-9-23(10-7-20)40-28-22(14-19-4-5-19)16-37-41(28)27-17-39(13-12-24(27)31(40)44)30(43)21-8-11-26(33)25(15-21)32(34,35)36/h6-11,15-16,19H,4-5,12-14,17-18H2,1-3H3. The molecule has 2 aromatic heterocycles. The van der Waals surface area contributed by atoms with Gasteiger partial charge in [-0.25, -0.2) is 4.52 Å². The number of fused-ring (bicyclic) bond motifs is 3. The Bertz CT molecular complexity index is 1920. The Balaban J connectivity index is 1.33. The maximum absolute atomic E-state index is 14.2. The number of aromatic nitrogens is 3. The van der Waals surface area contributed by atoms with Crippen LogP contribution < -0.4 is 5.56 Å². The summed E-state index contributed by atoms with van der Waals surface area (Å²) in [6.45, 7) is 0.0827. The summed E-state index contributed by atoms with van der Waals surface area (Å²) in [6.07, 6.45) is 0.150. The summed E-state index contributed by atoms with van der Waals surface area (Å²) in [5, 5.41) is 4.65. The highest BCUT2D eigenvalue weighted by Gasteiger charge is 2.35. The molecule has 0 saturated heterocycles. The zero-order valence-electron chi connectivity index (χ0n) is 26.3. The molecule has 254 valence electrons. The Labute approximate surface area is 283 Å². The van der Waals surface area contributed by atoms with Gasteiger partial charge in [0.2, 0.25) is 0 Å². The minimum atomic E-state index is -4.64. The molecule has 2 aliphatic rings. The van der Waals surface area contributed by atoms with Gasteiger partial charge in [-0.05, 0) is 74.1 Å². The highest BCUT2D eigenvalue weighted by Crippen LogP contribution is 2.38. The normalized spacial score (nSPS) is 14.9. The number of carbonyl (C=O) groups is 2. The first-order valence-electron chi connectivity index (χ1n) is 15.1. The molecule has 3 heterocycles. The lowest BCUT2D eigenvalue weighted by atomic mass is 10.0. The average molecular weight is 751 g/mol. The number of rotatable bonds is 10. The Morgan fingerprint density at radius 3 is 2.42 bits per heavy atom. The van der Waals surface area contributed by atoms with Gasteiger partial charge in [0.1, 0.15) is 12.4 Å². The first-order chi connectivity index (χ1) is 22.9. The van der Waals surface area contributed by atoms with Gasteiger partial charge in [0.15, 0.2) is 0 Å². The van der Waals surface area contributed by atoms with Crippen molar-refractivity contribution in [1.29, 1.82) is 0 Å². The number of carbonyl (C=O) groups excluding carboxylic acids is 2. The number of hydrogen-bond acceptors (Lipinski definition) is 7. The van der Waals surface area contributed by atoms with Crippen molar-refractivity contribution >= 4 is 42.0 Å². The van der Waals surface area contributed by atoms with Crippen molar-refractivity contribution in [3.8, 4) is 5.69 Å². The van der Waals surface area contributed by atoms with Crippen LogP contribution in [0.3, 0.4) is 0 Å². The largest absolute Gasteiger partial charge is 0.417 e. The highest BCUT2D eigenvalue weighted by molar-refractivity contribution is 9.10. The van der Waals surface area contributed by atoms with E-state index < -0.39 is 26.2 Å². The lowest BCUT2D eigenvalue weighted by Crippen LogP contribution is -2.41. The maximum atomic E-state index is 14.2. The van der Waals surface area contributed by atoms with Gasteiger partial charge < -0.3 is 18.8 Å². The van der Waals surface area contributed by atoms with Crippen LogP contribution >= 0.6 is 24.5 Å². The third-order valence-corrected chi connectivity index (χ3v) is 10.1. The van der Waals surface area contributed by atoms with Crippen LogP contribution in [0.2, 0.25) is 0 Å². The van der Waals surface area contributed by atoms with Crippen molar-refractivity contribution in [3.05, 3.63) is 97.0 Å². The zero-order chi connectivity index (χ0) is 34.3. The molecule has 1 aliphatic heterocycles. The molecule has 1 aliphatic carbocycles. The van der Waals surface area contributed by atoms with E-state index >= 15 is 0 Å². The van der Waals surface area contributed by atoms with Gasteiger partial charge in [-0.3, -0.25) is 23.5 Å². The second-order valence-corrected chi connectivity index (χ2v) is 14.0. The minimum absolute atomic E-state index is 0.00110. The molecular formula is C32H32BrF3N5O6P. The summed E-state index contributed by atoms with van der Waals surface area (Å²) in [7, 11) is 2.90. The molecule has 6 rings (SSSR count). The molecule has 1 fully saturated rings. The summed E-state index contributed by atoms with van der Waals surface area (Å²) in [6, 6.07) is 10.1. The predicted octanol–water partition coefficient (Wildman–Crippen LogP) is 5.98. The number of alkyl halides is 3. The molecule has 0 unspecified atom stereocenters. The van der Waals surface area contributed by atoms with E-state index in [1.54, 1.807) is 46.6 Å². The third-order valence-electron chi connectivity index (χ3n) is 8.45. The van der Waals surface area contributed by atoms with Crippen molar-refractivity contribution < 1.29 is 36.3 Å². The average Bonchev–Trinajstić information content (AvgIpc) is 3.81. The molecule has 0 bridgehead atoms. The van der Waals surface area contributed by atoms with Crippen molar-refractivity contribution in [3.63, 3.8) is 0 Å². The molecule has 2 aromatic carbocycles. The summed E-state index contributed by atoms with van der Waals surface area (Å²) in [5.41, 5.74) is 2.01. The van der Waals surface area contributed by atoms with E-state index in [0.29, 0.717) is 34.1 Å². The van der Waals surface area contributed by atoms with E-state index in [4.69, 9.17) is 13.6 Å². The predicted molar refractivity (Wildman–Crippen MR) is 174 cm³/mol. The van der Waals surface area contributed by atoms with Crippen LogP contribution in [0.15, 0.2) is 57.9 Å². The molecule has 0 radical (unpaired) electrons. The lowest BCUT2D eigenvalue weighted by Gasteiger charge is -2.30. The Morgan fingerprint density at radius 1 is 1.08 bits per heavy atom. The number of nitrogens with zero attached hydrogens (tertiary/aromatic N) is 5. The topological polar surface area (TPSA) is 108 Å². The Morgan fingerprint density at radius 2 is 1.77 bits per heavy atom. The fourth-order valence-electron chi connectivity index (χ4n) is 5.81. The first-order valence-corrected chi connectivity index (χ1v) is 17.0. The van der Waals surface area contributed by atoms with Gasteiger partial charge >= 0.3 is 14.8 Å². The van der Waals surface area contributed by atoms with Crippen molar-refractivity contribution in [1.82, 2.24) is 24.0 Å². The van der Waals surface area contributed by atoms with E-state index in [0.717, 1.165) is 30.9 Å². The van der Waals surface area contributed by atoms with Crippen LogP contribution in [-0.2, 0) is 39.1 Å². The van der Waals surface area contributed by atoms with Crippen molar-refractivity contribution in [2.75, 3.05) is 34.5 Å². The zero-order valence-corrected chi connectivity index (χ0v) is 28.8. The van der Waals surface area contributed by atoms with Crippen LogP contribution in [0.1, 0.15) is 55.9 Å². The van der Waals surface area contributed by atoms with Gasteiger partial charge in [0, 0.05) is 54.5 Å². The van der Waals surface area contributed by atoms with E-state index in [2.05, 4.69) is 21.0 Å². The second-order valence-electron chi connectivity index (χ2n) is 11.7. The molecule has 0 N–H and O–H groups in total. The van der Waals surface area contributed by atoms with Gasteiger partial charge in [-0.15, -0.1) is 0 Å². The molecule has 16 heteroatoms. The summed E-state index contributed by atoms with van der Waals surface area (Å²) in [5.74, 6) is -0.396. The quantitative estimate of drug-likeness (QED) is 0.145. The molecule has 0 spiro atoms. The van der Waals surface area contributed by atoms with Gasteiger partial charge in [-0.1, -0.05) is 15.9 Å². The van der Waals surface area contributed by atoms with Gasteiger partial charge in [0.25, 0.3) is 17.4 Å². The van der Waals surface area contributed by atoms with Crippen LogP contribution in [0, 0.1) is 5.92 Å². The lowest BCUT2D eigenvalue weighted by molar-refractivity contribution is -0.138. The first kappa shape index (κ1) is 34.3. The summed E-state index contributed by atoms with van der Waals surface area (Å²) in [4.78, 5) is 43.6. The molecule has 2 amide bonds. The van der Waals surface area contributed by atoms with Crippen LogP contribution in [0.5, 0.6) is 0 Å². The molecule has 4 aromatic rings. The van der Waals surface area contributed by atoms with Crippen molar-refractivity contribution in [2.24, 2.45) is 5.92 Å². The summed E-state index contributed by atoms with van der Waals surface area (Å²) < 4.78 is 59.4. The monoisotopic (exact) mass is 749 g/mol.